The Kier molecular flexibility index (Phi) is 4.84. The molecule has 0 unspecified atom stereocenters. The minimum Gasteiger partial charge on any atom is -0.488 e. The lowest BCUT2D eigenvalue weighted by atomic mass is 10.1. The summed E-state index contributed by atoms with van der Waals surface area (Å²) in [5.74, 6) is 3.03. The maximum Gasteiger partial charge on any atom is 0.158 e. The largest absolute Gasteiger partial charge is 0.488 e. The molecule has 10 nitrogen and oxygen atoms in total. The molecule has 1 atom stereocenters. The second-order valence-corrected chi connectivity index (χ2v) is 9.03. The number of nitrogens with one attached hydrogen (secondary N) is 2. The predicted octanol–water partition coefficient (Wildman–Crippen LogP) is 3.69. The SMILES string of the molecule is Cc1cc(Nc2ncnc3ccc4c(c23)OC[C@@H]2CNCCN42)ccc1Oc1ccn2ncnc2c1. The number of anilines is 3. The average Bonchev–Trinajstić information content (AvgIpc) is 3.38. The first-order chi connectivity index (χ1) is 17.7. The number of hydrogen-bond acceptors (Lipinski definition) is 9. The van der Waals surface area contributed by atoms with Gasteiger partial charge in [-0.05, 0) is 48.9 Å². The number of pyridine rings is 1. The number of nitrogens with zero attached hydrogens (tertiary/aromatic N) is 6. The van der Waals surface area contributed by atoms with Crippen molar-refractivity contribution < 1.29 is 9.47 Å². The molecule has 0 spiro atoms. The number of hydrogen-bond donors (Lipinski definition) is 2. The van der Waals surface area contributed by atoms with Crippen LogP contribution >= 0.6 is 0 Å². The van der Waals surface area contributed by atoms with Crippen molar-refractivity contribution in [3.8, 4) is 17.2 Å². The van der Waals surface area contributed by atoms with E-state index in [-0.39, 0.29) is 0 Å². The third kappa shape index (κ3) is 3.54. The first kappa shape index (κ1) is 20.9. The van der Waals surface area contributed by atoms with Gasteiger partial charge in [0.25, 0.3) is 0 Å². The first-order valence-electron chi connectivity index (χ1n) is 12.0. The average molecular weight is 481 g/mol. The second-order valence-electron chi connectivity index (χ2n) is 9.03. The van der Waals surface area contributed by atoms with Crippen LogP contribution in [0.3, 0.4) is 0 Å². The van der Waals surface area contributed by atoms with Gasteiger partial charge >= 0.3 is 0 Å². The lowest BCUT2D eigenvalue weighted by molar-refractivity contribution is 0.250. The Balaban J connectivity index is 1.20. The van der Waals surface area contributed by atoms with Crippen LogP contribution in [0.5, 0.6) is 17.2 Å². The quantitative estimate of drug-likeness (QED) is 0.399. The van der Waals surface area contributed by atoms with Crippen molar-refractivity contribution in [1.29, 1.82) is 0 Å². The zero-order valence-electron chi connectivity index (χ0n) is 19.7. The van der Waals surface area contributed by atoms with Gasteiger partial charge in [-0.1, -0.05) is 0 Å². The van der Waals surface area contributed by atoms with E-state index in [1.807, 2.05) is 49.5 Å². The zero-order chi connectivity index (χ0) is 24.1. The van der Waals surface area contributed by atoms with Crippen LogP contribution in [0.1, 0.15) is 5.56 Å². The van der Waals surface area contributed by atoms with E-state index < -0.39 is 0 Å². The molecule has 2 aliphatic heterocycles. The van der Waals surface area contributed by atoms with Gasteiger partial charge < -0.3 is 25.0 Å². The zero-order valence-corrected chi connectivity index (χ0v) is 19.7. The molecule has 2 aliphatic rings. The van der Waals surface area contributed by atoms with Crippen molar-refractivity contribution in [3.05, 3.63) is 66.9 Å². The summed E-state index contributed by atoms with van der Waals surface area (Å²) in [5, 5.41) is 12.0. The molecule has 7 rings (SSSR count). The molecule has 10 heteroatoms. The van der Waals surface area contributed by atoms with Gasteiger partial charge in [-0.2, -0.15) is 5.10 Å². The third-order valence-electron chi connectivity index (χ3n) is 6.73. The number of ether oxygens (including phenoxy) is 2. The van der Waals surface area contributed by atoms with Gasteiger partial charge in [0.1, 0.15) is 36.6 Å². The standard InChI is InChI=1S/C26H24N8O2/c1-16-10-17(2-5-22(16)36-19-6-8-34-23(11-19)29-15-31-34)32-26-24-20(28-14-30-26)3-4-21-25(24)35-13-18-12-27-7-9-33(18)21/h2-6,8,10-11,14-15,18,27H,7,9,12-13H2,1H3,(H,28,30,32)/t18-/m0/s1. The fourth-order valence-electron chi connectivity index (χ4n) is 4.95. The fourth-order valence-corrected chi connectivity index (χ4v) is 4.95. The van der Waals surface area contributed by atoms with Crippen LogP contribution in [-0.4, -0.2) is 56.8 Å². The third-order valence-corrected chi connectivity index (χ3v) is 6.73. The lowest BCUT2D eigenvalue weighted by Crippen LogP contribution is -2.55. The Hall–Kier alpha value is -4.44. The van der Waals surface area contributed by atoms with Crippen molar-refractivity contribution in [1.82, 2.24) is 29.9 Å². The van der Waals surface area contributed by atoms with Crippen LogP contribution in [0.25, 0.3) is 16.6 Å². The van der Waals surface area contributed by atoms with Crippen LogP contribution < -0.4 is 25.0 Å². The Morgan fingerprint density at radius 3 is 3.00 bits per heavy atom. The van der Waals surface area contributed by atoms with Gasteiger partial charge in [0.05, 0.1) is 22.6 Å². The molecule has 2 N–H and O–H groups in total. The molecule has 5 aromatic rings. The molecule has 2 aromatic carbocycles. The number of fused-ring (bicyclic) bond motifs is 6. The molecule has 180 valence electrons. The smallest absolute Gasteiger partial charge is 0.158 e. The van der Waals surface area contributed by atoms with E-state index in [1.165, 1.54) is 6.33 Å². The van der Waals surface area contributed by atoms with Crippen molar-refractivity contribution in [2.75, 3.05) is 36.5 Å². The van der Waals surface area contributed by atoms with E-state index in [4.69, 9.17) is 9.47 Å². The van der Waals surface area contributed by atoms with Crippen LogP contribution in [0, 0.1) is 6.92 Å². The van der Waals surface area contributed by atoms with Crippen LogP contribution in [0.4, 0.5) is 17.2 Å². The summed E-state index contributed by atoms with van der Waals surface area (Å²) in [6.07, 6.45) is 4.93. The molecule has 0 bridgehead atoms. The van der Waals surface area contributed by atoms with E-state index in [0.29, 0.717) is 18.4 Å². The van der Waals surface area contributed by atoms with Crippen molar-refractivity contribution in [2.45, 2.75) is 13.0 Å². The van der Waals surface area contributed by atoms with Crippen molar-refractivity contribution in [2.24, 2.45) is 0 Å². The summed E-state index contributed by atoms with van der Waals surface area (Å²) >= 11 is 0. The highest BCUT2D eigenvalue weighted by molar-refractivity contribution is 6.00. The monoisotopic (exact) mass is 480 g/mol. The van der Waals surface area contributed by atoms with E-state index in [2.05, 4.69) is 41.7 Å². The molecular weight excluding hydrogens is 456 g/mol. The fraction of sp³-hybridized carbons (Fsp3) is 0.231. The van der Waals surface area contributed by atoms with Crippen LogP contribution in [-0.2, 0) is 0 Å². The molecule has 0 radical (unpaired) electrons. The summed E-state index contributed by atoms with van der Waals surface area (Å²) in [4.78, 5) is 15.7. The summed E-state index contributed by atoms with van der Waals surface area (Å²) in [6.45, 7) is 5.50. The molecule has 1 fully saturated rings. The number of benzene rings is 2. The highest BCUT2D eigenvalue weighted by atomic mass is 16.5. The Morgan fingerprint density at radius 2 is 2.06 bits per heavy atom. The molecule has 5 heterocycles. The van der Waals surface area contributed by atoms with Crippen LogP contribution in [0.15, 0.2) is 61.3 Å². The number of aromatic nitrogens is 5. The Bertz CT molecular complexity index is 1600. The summed E-state index contributed by atoms with van der Waals surface area (Å²) in [6, 6.07) is 14.2. The maximum absolute atomic E-state index is 6.29. The molecular formula is C26H24N8O2. The molecule has 36 heavy (non-hydrogen) atoms. The second kappa shape index (κ2) is 8.35. The number of rotatable bonds is 4. The normalized spacial score (nSPS) is 16.9. The minimum absolute atomic E-state index is 0.338. The highest BCUT2D eigenvalue weighted by Crippen LogP contribution is 2.43. The lowest BCUT2D eigenvalue weighted by Gasteiger charge is -2.42. The van der Waals surface area contributed by atoms with Gasteiger partial charge in [0.2, 0.25) is 0 Å². The van der Waals surface area contributed by atoms with Crippen LogP contribution in [0.2, 0.25) is 0 Å². The van der Waals surface area contributed by atoms with Gasteiger partial charge in [-0.15, -0.1) is 0 Å². The Morgan fingerprint density at radius 1 is 1.08 bits per heavy atom. The van der Waals surface area contributed by atoms with E-state index in [0.717, 1.165) is 70.4 Å². The Labute approximate surface area is 206 Å². The highest BCUT2D eigenvalue weighted by Gasteiger charge is 2.31. The summed E-state index contributed by atoms with van der Waals surface area (Å²) in [7, 11) is 0. The maximum atomic E-state index is 6.29. The molecule has 0 aliphatic carbocycles. The van der Waals surface area contributed by atoms with E-state index >= 15 is 0 Å². The van der Waals surface area contributed by atoms with Gasteiger partial charge in [0.15, 0.2) is 11.4 Å². The molecule has 0 saturated carbocycles. The van der Waals surface area contributed by atoms with E-state index in [1.54, 1.807) is 10.8 Å². The number of aryl methyl sites for hydroxylation is 1. The van der Waals surface area contributed by atoms with Gasteiger partial charge in [0, 0.05) is 37.6 Å². The van der Waals surface area contributed by atoms with E-state index in [9.17, 15) is 0 Å². The minimum atomic E-state index is 0.338. The molecule has 3 aromatic heterocycles. The van der Waals surface area contributed by atoms with Gasteiger partial charge in [-0.3, -0.25) is 0 Å². The first-order valence-corrected chi connectivity index (χ1v) is 12.0. The van der Waals surface area contributed by atoms with Crippen molar-refractivity contribution in [3.63, 3.8) is 0 Å². The topological polar surface area (TPSA) is 102 Å². The van der Waals surface area contributed by atoms with Gasteiger partial charge in [-0.25, -0.2) is 19.5 Å². The molecule has 0 amide bonds. The summed E-state index contributed by atoms with van der Waals surface area (Å²) in [5.41, 5.74) is 4.57. The number of piperazine rings is 1. The predicted molar refractivity (Wildman–Crippen MR) is 137 cm³/mol. The van der Waals surface area contributed by atoms with Crippen molar-refractivity contribution >= 4 is 33.7 Å². The summed E-state index contributed by atoms with van der Waals surface area (Å²) < 4.78 is 14.1. The molecule has 1 saturated heterocycles.